The predicted molar refractivity (Wildman–Crippen MR) is 62.3 cm³/mol. The van der Waals surface area contributed by atoms with Gasteiger partial charge < -0.3 is 0 Å². The van der Waals surface area contributed by atoms with E-state index in [0.29, 0.717) is 12.5 Å². The Labute approximate surface area is 99.0 Å². The maximum atomic E-state index is 4.93. The SMILES string of the molecule is CCCCC(CC)COOOOC(C)(C)C. The Morgan fingerprint density at radius 1 is 1.06 bits per heavy atom. The summed E-state index contributed by atoms with van der Waals surface area (Å²) in [6.45, 7) is 10.5. The summed E-state index contributed by atoms with van der Waals surface area (Å²) in [5.74, 6) is 0.526. The van der Waals surface area contributed by atoms with E-state index in [1.165, 1.54) is 12.8 Å². The van der Waals surface area contributed by atoms with Gasteiger partial charge in [-0.1, -0.05) is 33.1 Å². The molecule has 16 heavy (non-hydrogen) atoms. The first-order valence-corrected chi connectivity index (χ1v) is 6.13. The molecular formula is C12H26O4. The van der Waals surface area contributed by atoms with Gasteiger partial charge in [-0.3, -0.25) is 0 Å². The molecule has 0 radical (unpaired) electrons. The number of hydrogen-bond donors (Lipinski definition) is 0. The summed E-state index contributed by atoms with van der Waals surface area (Å²) in [4.78, 5) is 9.81. The first-order chi connectivity index (χ1) is 7.49. The fourth-order valence-electron chi connectivity index (χ4n) is 1.16. The molecule has 0 spiro atoms. The van der Waals surface area contributed by atoms with Crippen LogP contribution in [0.1, 0.15) is 60.3 Å². The zero-order valence-electron chi connectivity index (χ0n) is 11.2. The van der Waals surface area contributed by atoms with Crippen LogP contribution in [-0.4, -0.2) is 12.2 Å². The van der Waals surface area contributed by atoms with Gasteiger partial charge in [-0.2, -0.15) is 4.89 Å². The molecule has 0 aliphatic carbocycles. The third-order valence-electron chi connectivity index (χ3n) is 2.21. The van der Waals surface area contributed by atoms with Crippen LogP contribution < -0.4 is 0 Å². The Balaban J connectivity index is 3.41. The van der Waals surface area contributed by atoms with Crippen molar-refractivity contribution in [2.45, 2.75) is 65.9 Å². The molecule has 0 N–H and O–H groups in total. The van der Waals surface area contributed by atoms with Gasteiger partial charge in [0.25, 0.3) is 0 Å². The van der Waals surface area contributed by atoms with Crippen LogP contribution in [0.2, 0.25) is 0 Å². The molecule has 0 heterocycles. The highest BCUT2D eigenvalue weighted by atomic mass is 17.7. The summed E-state index contributed by atoms with van der Waals surface area (Å²) in [5, 5.41) is 8.97. The summed E-state index contributed by atoms with van der Waals surface area (Å²) in [7, 11) is 0. The predicted octanol–water partition coefficient (Wildman–Crippen LogP) is 3.81. The number of rotatable bonds is 9. The second-order valence-corrected chi connectivity index (χ2v) is 5.03. The minimum Gasteiger partial charge on any atom is -0.204 e. The van der Waals surface area contributed by atoms with E-state index in [4.69, 9.17) is 9.78 Å². The Morgan fingerprint density at radius 2 is 1.75 bits per heavy atom. The van der Waals surface area contributed by atoms with Crippen molar-refractivity contribution in [1.29, 1.82) is 0 Å². The molecule has 1 unspecified atom stereocenters. The van der Waals surface area contributed by atoms with Crippen molar-refractivity contribution in [2.75, 3.05) is 6.61 Å². The standard InChI is InChI=1S/C12H26O4/c1-6-8-9-11(7-2)10-13-15-16-14-12(3,4)5/h11H,6-10H2,1-5H3. The highest BCUT2D eigenvalue weighted by Gasteiger charge is 2.13. The van der Waals surface area contributed by atoms with E-state index < -0.39 is 5.60 Å². The quantitative estimate of drug-likeness (QED) is 0.345. The lowest BCUT2D eigenvalue weighted by atomic mass is 10.0. The maximum absolute atomic E-state index is 4.93. The third kappa shape index (κ3) is 10.4. The number of hydrogen-bond acceptors (Lipinski definition) is 4. The maximum Gasteiger partial charge on any atom is 0.0984 e. The molecule has 0 rings (SSSR count). The molecular weight excluding hydrogens is 208 g/mol. The molecule has 0 saturated heterocycles. The summed E-state index contributed by atoms with van der Waals surface area (Å²) < 4.78 is 0. The summed E-state index contributed by atoms with van der Waals surface area (Å²) in [6.07, 6.45) is 4.68. The molecule has 0 bridgehead atoms. The second-order valence-electron chi connectivity index (χ2n) is 5.03. The van der Waals surface area contributed by atoms with E-state index in [-0.39, 0.29) is 0 Å². The molecule has 0 aliphatic heterocycles. The first kappa shape index (κ1) is 15.8. The van der Waals surface area contributed by atoms with Crippen LogP contribution in [0.3, 0.4) is 0 Å². The topological polar surface area (TPSA) is 36.9 Å². The smallest absolute Gasteiger partial charge is 0.0984 e. The largest absolute Gasteiger partial charge is 0.204 e. The van der Waals surface area contributed by atoms with Crippen molar-refractivity contribution in [2.24, 2.45) is 5.92 Å². The Bertz CT molecular complexity index is 154. The van der Waals surface area contributed by atoms with Crippen LogP contribution >= 0.6 is 0 Å². The molecule has 0 aromatic rings. The molecule has 0 aromatic carbocycles. The van der Waals surface area contributed by atoms with E-state index >= 15 is 0 Å². The molecule has 0 aliphatic rings. The highest BCUT2D eigenvalue weighted by molar-refractivity contribution is 4.54. The first-order valence-electron chi connectivity index (χ1n) is 6.13. The lowest BCUT2D eigenvalue weighted by Gasteiger charge is -2.16. The molecule has 4 heteroatoms. The molecule has 0 fully saturated rings. The van der Waals surface area contributed by atoms with Crippen LogP contribution in [-0.2, 0) is 19.9 Å². The van der Waals surface area contributed by atoms with E-state index in [1.807, 2.05) is 20.8 Å². The van der Waals surface area contributed by atoms with E-state index in [9.17, 15) is 0 Å². The summed E-state index contributed by atoms with van der Waals surface area (Å²) in [6, 6.07) is 0. The van der Waals surface area contributed by atoms with Crippen molar-refractivity contribution < 1.29 is 19.9 Å². The van der Waals surface area contributed by atoms with Crippen LogP contribution in [0.15, 0.2) is 0 Å². The van der Waals surface area contributed by atoms with Crippen molar-refractivity contribution in [3.63, 3.8) is 0 Å². The Kier molecular flexibility index (Phi) is 8.84. The Morgan fingerprint density at radius 3 is 2.25 bits per heavy atom. The van der Waals surface area contributed by atoms with E-state index in [1.54, 1.807) is 0 Å². The van der Waals surface area contributed by atoms with Gasteiger partial charge in [0, 0.05) is 0 Å². The van der Waals surface area contributed by atoms with Gasteiger partial charge in [0.05, 0.1) is 12.2 Å². The van der Waals surface area contributed by atoms with Gasteiger partial charge in [0.15, 0.2) is 0 Å². The molecule has 1 atom stereocenters. The van der Waals surface area contributed by atoms with Crippen LogP contribution in [0.4, 0.5) is 0 Å². The highest BCUT2D eigenvalue weighted by Crippen LogP contribution is 2.13. The van der Waals surface area contributed by atoms with Gasteiger partial charge in [0.1, 0.15) is 0 Å². The monoisotopic (exact) mass is 234 g/mol. The fourth-order valence-corrected chi connectivity index (χ4v) is 1.16. The zero-order chi connectivity index (χ0) is 12.4. The minimum atomic E-state index is -0.393. The lowest BCUT2D eigenvalue weighted by Crippen LogP contribution is -2.20. The molecule has 4 nitrogen and oxygen atoms in total. The fraction of sp³-hybridized carbons (Fsp3) is 1.00. The van der Waals surface area contributed by atoms with Crippen molar-refractivity contribution in [3.8, 4) is 0 Å². The Hall–Kier alpha value is -0.160. The van der Waals surface area contributed by atoms with E-state index in [0.717, 1.165) is 12.8 Å². The zero-order valence-corrected chi connectivity index (χ0v) is 11.2. The van der Waals surface area contributed by atoms with Crippen molar-refractivity contribution in [1.82, 2.24) is 0 Å². The molecule has 0 amide bonds. The van der Waals surface area contributed by atoms with Crippen molar-refractivity contribution >= 4 is 0 Å². The minimum absolute atomic E-state index is 0.393. The van der Waals surface area contributed by atoms with Crippen LogP contribution in [0, 0.1) is 5.92 Å². The van der Waals surface area contributed by atoms with Gasteiger partial charge in [-0.15, -0.1) is 0 Å². The van der Waals surface area contributed by atoms with Crippen LogP contribution in [0.25, 0.3) is 0 Å². The second kappa shape index (κ2) is 8.93. The summed E-state index contributed by atoms with van der Waals surface area (Å²) >= 11 is 0. The van der Waals surface area contributed by atoms with Crippen LogP contribution in [0.5, 0.6) is 0 Å². The average molecular weight is 234 g/mol. The molecule has 0 saturated carbocycles. The number of unbranched alkanes of at least 4 members (excludes halogenated alkanes) is 1. The summed E-state index contributed by atoms with van der Waals surface area (Å²) in [5.41, 5.74) is -0.393. The lowest BCUT2D eigenvalue weighted by molar-refractivity contribution is -0.649. The normalized spacial score (nSPS) is 14.1. The molecule has 98 valence electrons. The van der Waals surface area contributed by atoms with Gasteiger partial charge in [0.2, 0.25) is 0 Å². The molecule has 0 aromatic heterocycles. The average Bonchev–Trinajstić information content (AvgIpc) is 2.20. The van der Waals surface area contributed by atoms with Gasteiger partial charge in [-0.05, 0) is 43.2 Å². The third-order valence-corrected chi connectivity index (χ3v) is 2.21. The van der Waals surface area contributed by atoms with Gasteiger partial charge >= 0.3 is 0 Å². The van der Waals surface area contributed by atoms with Crippen molar-refractivity contribution in [3.05, 3.63) is 0 Å². The van der Waals surface area contributed by atoms with Gasteiger partial charge in [-0.25, -0.2) is 4.89 Å². The van der Waals surface area contributed by atoms with E-state index in [2.05, 4.69) is 23.9 Å².